The lowest BCUT2D eigenvalue weighted by Crippen LogP contribution is -2.39. The summed E-state index contributed by atoms with van der Waals surface area (Å²) in [5.41, 5.74) is 1.81. The average Bonchev–Trinajstić information content (AvgIpc) is 2.96. The second kappa shape index (κ2) is 12.1. The Morgan fingerprint density at radius 3 is 2.73 bits per heavy atom. The van der Waals surface area contributed by atoms with Gasteiger partial charge >= 0.3 is 0 Å². The van der Waals surface area contributed by atoms with Gasteiger partial charge in [0, 0.05) is 63.6 Å². The zero-order chi connectivity index (χ0) is 28.2. The summed E-state index contributed by atoms with van der Waals surface area (Å²) >= 11 is 0. The van der Waals surface area contributed by atoms with Crippen LogP contribution in [-0.2, 0) is 13.0 Å². The molecular formula is C29H34F2N6O3. The molecule has 4 heterocycles. The molecular weight excluding hydrogens is 518 g/mol. The third-order valence-corrected chi connectivity index (χ3v) is 7.32. The number of rotatable bonds is 8. The third-order valence-electron chi connectivity index (χ3n) is 7.32. The van der Waals surface area contributed by atoms with Gasteiger partial charge in [-0.25, -0.2) is 18.7 Å². The molecule has 40 heavy (non-hydrogen) atoms. The van der Waals surface area contributed by atoms with Crippen LogP contribution in [0.4, 0.5) is 14.6 Å². The molecule has 11 heteroatoms. The third kappa shape index (κ3) is 5.84. The molecule has 2 aliphatic heterocycles. The van der Waals surface area contributed by atoms with Crippen molar-refractivity contribution in [3.8, 4) is 17.2 Å². The Morgan fingerprint density at radius 2 is 1.98 bits per heavy atom. The summed E-state index contributed by atoms with van der Waals surface area (Å²) in [7, 11) is 0. The van der Waals surface area contributed by atoms with E-state index >= 15 is 0 Å². The Balaban J connectivity index is 1.31. The van der Waals surface area contributed by atoms with Gasteiger partial charge in [0.05, 0.1) is 23.7 Å². The lowest BCUT2D eigenvalue weighted by atomic mass is 10.0. The number of aromatic nitrogens is 3. The number of carbonyl (C=O) groups is 1. The number of carbonyl (C=O) groups excluding carboxylic acids is 1. The average molecular weight is 553 g/mol. The van der Waals surface area contributed by atoms with Crippen molar-refractivity contribution in [1.82, 2.24) is 25.2 Å². The fourth-order valence-corrected chi connectivity index (χ4v) is 5.24. The van der Waals surface area contributed by atoms with E-state index in [0.717, 1.165) is 24.2 Å². The van der Waals surface area contributed by atoms with Crippen molar-refractivity contribution in [3.05, 3.63) is 65.4 Å². The second-order valence-corrected chi connectivity index (χ2v) is 10.2. The Morgan fingerprint density at radius 1 is 1.18 bits per heavy atom. The van der Waals surface area contributed by atoms with Crippen molar-refractivity contribution in [2.24, 2.45) is 0 Å². The van der Waals surface area contributed by atoms with Crippen molar-refractivity contribution in [3.63, 3.8) is 0 Å². The number of nitrogens with one attached hydrogen (secondary N) is 1. The summed E-state index contributed by atoms with van der Waals surface area (Å²) in [5.74, 6) is 0.151. The highest BCUT2D eigenvalue weighted by Gasteiger charge is 2.28. The highest BCUT2D eigenvalue weighted by Crippen LogP contribution is 2.35. The van der Waals surface area contributed by atoms with Crippen LogP contribution in [0.5, 0.6) is 17.2 Å². The van der Waals surface area contributed by atoms with Gasteiger partial charge < -0.3 is 24.6 Å². The normalized spacial score (nSPS) is 15.6. The predicted octanol–water partition coefficient (Wildman–Crippen LogP) is 4.51. The van der Waals surface area contributed by atoms with E-state index in [0.29, 0.717) is 50.6 Å². The molecule has 2 aromatic heterocycles. The van der Waals surface area contributed by atoms with E-state index in [9.17, 15) is 13.6 Å². The van der Waals surface area contributed by atoms with Crippen LogP contribution in [0.15, 0.2) is 36.9 Å². The summed E-state index contributed by atoms with van der Waals surface area (Å²) in [6.45, 7) is 8.72. The topological polar surface area (TPSA) is 92.7 Å². The van der Waals surface area contributed by atoms with Gasteiger partial charge in [-0.15, -0.1) is 0 Å². The first-order valence-electron chi connectivity index (χ1n) is 13.7. The molecule has 9 nitrogen and oxygen atoms in total. The van der Waals surface area contributed by atoms with Crippen LogP contribution in [0, 0.1) is 11.6 Å². The highest BCUT2D eigenvalue weighted by molar-refractivity contribution is 5.97. The number of piperidine rings is 1. The highest BCUT2D eigenvalue weighted by atomic mass is 19.1. The summed E-state index contributed by atoms with van der Waals surface area (Å²) in [4.78, 5) is 29.8. The maximum absolute atomic E-state index is 14.7. The summed E-state index contributed by atoms with van der Waals surface area (Å²) < 4.78 is 41.2. The number of hydrogen-bond donors (Lipinski definition) is 1. The van der Waals surface area contributed by atoms with E-state index in [1.807, 2.05) is 25.7 Å². The molecule has 1 N–H and O–H groups in total. The second-order valence-electron chi connectivity index (χ2n) is 10.2. The first-order valence-corrected chi connectivity index (χ1v) is 13.7. The van der Waals surface area contributed by atoms with E-state index in [1.54, 1.807) is 4.90 Å². The summed E-state index contributed by atoms with van der Waals surface area (Å²) in [6, 6.07) is 3.85. The number of nitrogens with zero attached hydrogens (tertiary/aromatic N) is 5. The quantitative estimate of drug-likeness (QED) is 0.437. The molecule has 0 atom stereocenters. The first kappa shape index (κ1) is 27.7. The molecule has 212 valence electrons. The minimum atomic E-state index is -0.523. The smallest absolute Gasteiger partial charge is 0.257 e. The Bertz CT molecular complexity index is 1360. The molecule has 1 saturated heterocycles. The van der Waals surface area contributed by atoms with Gasteiger partial charge in [0.2, 0.25) is 0 Å². The SMILES string of the molecule is CCN(C(=O)c1cc(F)ccc1Oc1cncnc1N1CCC(Oc2c(F)cnc3c2CNCC3)CC1)C(C)C. The maximum atomic E-state index is 14.7. The molecule has 1 aromatic carbocycles. The number of hydrogen-bond acceptors (Lipinski definition) is 8. The molecule has 0 unspecified atom stereocenters. The Labute approximate surface area is 232 Å². The zero-order valence-corrected chi connectivity index (χ0v) is 23.0. The van der Waals surface area contributed by atoms with Crippen LogP contribution in [0.3, 0.4) is 0 Å². The van der Waals surface area contributed by atoms with E-state index in [2.05, 4.69) is 20.3 Å². The van der Waals surface area contributed by atoms with Gasteiger partial charge in [-0.1, -0.05) is 0 Å². The molecule has 1 amide bonds. The minimum absolute atomic E-state index is 0.0601. The van der Waals surface area contributed by atoms with Crippen LogP contribution in [0.2, 0.25) is 0 Å². The van der Waals surface area contributed by atoms with Crippen LogP contribution in [-0.4, -0.2) is 64.1 Å². The summed E-state index contributed by atoms with van der Waals surface area (Å²) in [5, 5.41) is 3.26. The molecule has 1 fully saturated rings. The molecule has 0 radical (unpaired) electrons. The van der Waals surface area contributed by atoms with Crippen molar-refractivity contribution in [2.75, 3.05) is 31.1 Å². The van der Waals surface area contributed by atoms with E-state index in [1.165, 1.54) is 36.9 Å². The van der Waals surface area contributed by atoms with Crippen molar-refractivity contribution in [1.29, 1.82) is 0 Å². The number of halogens is 2. The van der Waals surface area contributed by atoms with Crippen molar-refractivity contribution >= 4 is 11.7 Å². The van der Waals surface area contributed by atoms with E-state index in [4.69, 9.17) is 9.47 Å². The predicted molar refractivity (Wildman–Crippen MR) is 146 cm³/mol. The van der Waals surface area contributed by atoms with Gasteiger partial charge in [-0.05, 0) is 39.0 Å². The monoisotopic (exact) mass is 552 g/mol. The zero-order valence-electron chi connectivity index (χ0n) is 23.0. The maximum Gasteiger partial charge on any atom is 0.257 e. The van der Waals surface area contributed by atoms with E-state index < -0.39 is 11.6 Å². The standard InChI is InChI=1S/C29H34F2N6O3/c1-4-37(18(2)3)29(38)21-13-19(30)5-6-25(21)40-26-16-33-17-35-28(26)36-11-8-20(9-12-36)39-27-22-14-32-10-7-24(22)34-15-23(27)31/h5-6,13,15-18,20,32H,4,7-12,14H2,1-3H3. The van der Waals surface area contributed by atoms with Crippen LogP contribution >= 0.6 is 0 Å². The van der Waals surface area contributed by atoms with Gasteiger partial charge in [0.25, 0.3) is 5.91 Å². The molecule has 0 aliphatic carbocycles. The van der Waals surface area contributed by atoms with Gasteiger partial charge in [-0.2, -0.15) is 0 Å². The van der Waals surface area contributed by atoms with Gasteiger partial charge in [0.1, 0.15) is 24.0 Å². The van der Waals surface area contributed by atoms with Gasteiger partial charge in [0.15, 0.2) is 23.1 Å². The van der Waals surface area contributed by atoms with E-state index in [-0.39, 0.29) is 35.1 Å². The van der Waals surface area contributed by atoms with Crippen molar-refractivity contribution < 1.29 is 23.0 Å². The fraction of sp³-hybridized carbons (Fsp3) is 0.448. The Kier molecular flexibility index (Phi) is 8.39. The first-order chi connectivity index (χ1) is 19.4. The van der Waals surface area contributed by atoms with Gasteiger partial charge in [-0.3, -0.25) is 9.78 Å². The number of ether oxygens (including phenoxy) is 2. The summed E-state index contributed by atoms with van der Waals surface area (Å²) in [6.07, 6.45) is 6.09. The lowest BCUT2D eigenvalue weighted by Gasteiger charge is -2.34. The molecule has 0 saturated carbocycles. The molecule has 3 aromatic rings. The minimum Gasteiger partial charge on any atom is -0.487 e. The lowest BCUT2D eigenvalue weighted by molar-refractivity contribution is 0.0713. The van der Waals surface area contributed by atoms with Crippen LogP contribution < -0.4 is 19.7 Å². The number of pyridine rings is 1. The number of anilines is 1. The molecule has 0 bridgehead atoms. The molecule has 2 aliphatic rings. The fourth-order valence-electron chi connectivity index (χ4n) is 5.24. The van der Waals surface area contributed by atoms with Crippen LogP contribution in [0.1, 0.15) is 55.2 Å². The van der Waals surface area contributed by atoms with Crippen LogP contribution in [0.25, 0.3) is 0 Å². The van der Waals surface area contributed by atoms with Crippen molar-refractivity contribution in [2.45, 2.75) is 58.7 Å². The Hall–Kier alpha value is -3.86. The number of amides is 1. The molecule has 5 rings (SSSR count). The molecule has 0 spiro atoms. The number of fused-ring (bicyclic) bond motifs is 1. The number of benzene rings is 1. The largest absolute Gasteiger partial charge is 0.487 e.